The molecule has 0 bridgehead atoms. The maximum absolute atomic E-state index is 4.63. The number of hydrogen-bond acceptors (Lipinski definition) is 6. The Hall–Kier alpha value is -4.14. The Labute approximate surface area is 170 Å². The molecular weight excluding hydrogens is 378 g/mol. The monoisotopic (exact) mass is 395 g/mol. The summed E-state index contributed by atoms with van der Waals surface area (Å²) in [6.07, 6.45) is 12.8. The number of nitrogens with zero attached hydrogens (tertiary/aromatic N) is 8. The van der Waals surface area contributed by atoms with Gasteiger partial charge in [-0.2, -0.15) is 10.2 Å². The molecule has 9 heteroatoms. The fourth-order valence-corrected chi connectivity index (χ4v) is 4.00. The Morgan fingerprint density at radius 1 is 0.933 bits per heavy atom. The van der Waals surface area contributed by atoms with Crippen LogP contribution in [-0.2, 0) is 13.1 Å². The van der Waals surface area contributed by atoms with Gasteiger partial charge in [-0.15, -0.1) is 0 Å². The summed E-state index contributed by atoms with van der Waals surface area (Å²) >= 11 is 0. The van der Waals surface area contributed by atoms with Crippen molar-refractivity contribution in [3.8, 4) is 0 Å². The maximum atomic E-state index is 4.63. The fourth-order valence-electron chi connectivity index (χ4n) is 4.00. The van der Waals surface area contributed by atoms with E-state index in [1.165, 1.54) is 0 Å². The first-order chi connectivity index (χ1) is 14.8. The van der Waals surface area contributed by atoms with Gasteiger partial charge in [0.05, 0.1) is 71.5 Å². The van der Waals surface area contributed by atoms with Crippen molar-refractivity contribution in [1.29, 1.82) is 0 Å². The quantitative estimate of drug-likeness (QED) is 0.492. The number of aromatic amines is 1. The molecule has 0 aliphatic heterocycles. The molecule has 6 heterocycles. The number of nitrogens with one attached hydrogen (secondary N) is 1. The van der Waals surface area contributed by atoms with Gasteiger partial charge in [0.1, 0.15) is 0 Å². The van der Waals surface area contributed by atoms with E-state index in [4.69, 9.17) is 0 Å². The van der Waals surface area contributed by atoms with E-state index in [2.05, 4.69) is 39.8 Å². The normalized spacial score (nSPS) is 11.8. The Kier molecular flexibility index (Phi) is 3.61. The van der Waals surface area contributed by atoms with Crippen molar-refractivity contribution in [2.45, 2.75) is 20.0 Å². The molecule has 0 amide bonds. The molecule has 0 aliphatic carbocycles. The largest absolute Gasteiger partial charge is 0.323 e. The van der Waals surface area contributed by atoms with Gasteiger partial charge < -0.3 is 4.57 Å². The maximum Gasteiger partial charge on any atom is 0.0962 e. The van der Waals surface area contributed by atoms with E-state index in [-0.39, 0.29) is 0 Å². The van der Waals surface area contributed by atoms with Crippen molar-refractivity contribution < 1.29 is 0 Å². The number of fused-ring (bicyclic) bond motifs is 3. The topological polar surface area (TPSA) is 103 Å². The first-order valence-corrected chi connectivity index (χ1v) is 9.60. The van der Waals surface area contributed by atoms with E-state index in [0.717, 1.165) is 49.8 Å². The van der Waals surface area contributed by atoms with Crippen LogP contribution in [0.2, 0.25) is 0 Å². The van der Waals surface area contributed by atoms with E-state index < -0.39 is 0 Å². The number of H-pyrrole nitrogens is 1. The zero-order valence-electron chi connectivity index (χ0n) is 16.2. The van der Waals surface area contributed by atoms with Crippen LogP contribution in [0, 0.1) is 6.92 Å². The lowest BCUT2D eigenvalue weighted by atomic mass is 10.2. The molecule has 0 atom stereocenters. The highest BCUT2D eigenvalue weighted by Crippen LogP contribution is 2.23. The SMILES string of the molecule is Cc1nccc2ncn(Cc3nccc4c3cnn4Cc3cncc4[nH]ncc34)c12. The molecule has 6 aromatic rings. The summed E-state index contributed by atoms with van der Waals surface area (Å²) in [4.78, 5) is 17.8. The Balaban J connectivity index is 1.40. The summed E-state index contributed by atoms with van der Waals surface area (Å²) in [5.41, 5.74) is 6.87. The average molecular weight is 395 g/mol. The van der Waals surface area contributed by atoms with Crippen molar-refractivity contribution in [3.05, 3.63) is 72.6 Å². The van der Waals surface area contributed by atoms with Gasteiger partial charge in [-0.3, -0.25) is 24.7 Å². The second kappa shape index (κ2) is 6.45. The molecule has 0 fully saturated rings. The number of rotatable bonds is 4. The number of aromatic nitrogens is 9. The minimum Gasteiger partial charge on any atom is -0.323 e. The fraction of sp³-hybridized carbons (Fsp3) is 0.143. The molecule has 0 radical (unpaired) electrons. The molecular formula is C21H17N9. The van der Waals surface area contributed by atoms with Crippen molar-refractivity contribution in [2.75, 3.05) is 0 Å². The molecule has 0 saturated carbocycles. The smallest absolute Gasteiger partial charge is 0.0962 e. The first-order valence-electron chi connectivity index (χ1n) is 9.60. The molecule has 0 spiro atoms. The van der Waals surface area contributed by atoms with Crippen LogP contribution in [0.1, 0.15) is 17.0 Å². The third-order valence-electron chi connectivity index (χ3n) is 5.45. The van der Waals surface area contributed by atoms with Crippen LogP contribution >= 0.6 is 0 Å². The standard InChI is InChI=1S/C21H17N9/c1-13-21-17(2-4-23-13)25-12-29(21)11-19-16-8-27-30(20(16)3-5-24-19)10-14-6-22-9-18-15(14)7-26-28-18/h2-9,12H,10-11H2,1H3,(H,26,28). The van der Waals surface area contributed by atoms with Gasteiger partial charge in [-0.05, 0) is 19.1 Å². The predicted octanol–water partition coefficient (Wildman–Crippen LogP) is 2.85. The molecule has 9 nitrogen and oxygen atoms in total. The molecule has 0 unspecified atom stereocenters. The summed E-state index contributed by atoms with van der Waals surface area (Å²) in [6, 6.07) is 3.92. The number of pyridine rings is 3. The Bertz CT molecular complexity index is 1520. The summed E-state index contributed by atoms with van der Waals surface area (Å²) in [5, 5.41) is 13.8. The van der Waals surface area contributed by atoms with Gasteiger partial charge in [0.2, 0.25) is 0 Å². The molecule has 30 heavy (non-hydrogen) atoms. The number of aryl methyl sites for hydroxylation is 1. The lowest BCUT2D eigenvalue weighted by Crippen LogP contribution is -2.04. The first kappa shape index (κ1) is 16.8. The second-order valence-electron chi connectivity index (χ2n) is 7.26. The minimum absolute atomic E-state index is 0.602. The van der Waals surface area contributed by atoms with E-state index in [1.54, 1.807) is 12.4 Å². The van der Waals surface area contributed by atoms with Crippen LogP contribution in [-0.4, -0.2) is 44.5 Å². The van der Waals surface area contributed by atoms with Gasteiger partial charge in [0.15, 0.2) is 0 Å². The van der Waals surface area contributed by atoms with E-state index in [9.17, 15) is 0 Å². The summed E-state index contributed by atoms with van der Waals surface area (Å²) < 4.78 is 4.07. The second-order valence-corrected chi connectivity index (χ2v) is 7.26. The number of hydrogen-bond donors (Lipinski definition) is 1. The van der Waals surface area contributed by atoms with Crippen LogP contribution < -0.4 is 0 Å². The summed E-state index contributed by atoms with van der Waals surface area (Å²) in [5.74, 6) is 0. The zero-order chi connectivity index (χ0) is 20.1. The molecule has 0 aromatic carbocycles. The zero-order valence-corrected chi connectivity index (χ0v) is 16.2. The van der Waals surface area contributed by atoms with Crippen LogP contribution in [0.15, 0.2) is 55.6 Å². The van der Waals surface area contributed by atoms with Crippen LogP contribution in [0.5, 0.6) is 0 Å². The molecule has 6 rings (SSSR count). The molecule has 146 valence electrons. The van der Waals surface area contributed by atoms with Crippen LogP contribution in [0.25, 0.3) is 32.8 Å². The number of imidazole rings is 1. The highest BCUT2D eigenvalue weighted by molar-refractivity contribution is 5.83. The molecule has 1 N–H and O–H groups in total. The minimum atomic E-state index is 0.602. The van der Waals surface area contributed by atoms with Crippen molar-refractivity contribution >= 4 is 32.8 Å². The molecule has 0 aliphatic rings. The van der Waals surface area contributed by atoms with E-state index in [0.29, 0.717) is 13.1 Å². The lowest BCUT2D eigenvalue weighted by Gasteiger charge is -2.08. The van der Waals surface area contributed by atoms with Crippen LogP contribution in [0.4, 0.5) is 0 Å². The summed E-state index contributed by atoms with van der Waals surface area (Å²) in [7, 11) is 0. The van der Waals surface area contributed by atoms with Gasteiger partial charge in [-0.1, -0.05) is 0 Å². The van der Waals surface area contributed by atoms with Crippen LogP contribution in [0.3, 0.4) is 0 Å². The summed E-state index contributed by atoms with van der Waals surface area (Å²) in [6.45, 7) is 3.20. The van der Waals surface area contributed by atoms with Crippen molar-refractivity contribution in [2.24, 2.45) is 0 Å². The average Bonchev–Trinajstić information content (AvgIpc) is 3.48. The predicted molar refractivity (Wildman–Crippen MR) is 112 cm³/mol. The van der Waals surface area contributed by atoms with Gasteiger partial charge in [0.25, 0.3) is 0 Å². The third kappa shape index (κ3) is 2.55. The van der Waals surface area contributed by atoms with Gasteiger partial charge in [-0.25, -0.2) is 4.98 Å². The Morgan fingerprint density at radius 2 is 1.87 bits per heavy atom. The van der Waals surface area contributed by atoms with Gasteiger partial charge >= 0.3 is 0 Å². The molecule has 0 saturated heterocycles. The lowest BCUT2D eigenvalue weighted by molar-refractivity contribution is 0.713. The Morgan fingerprint density at radius 3 is 2.83 bits per heavy atom. The highest BCUT2D eigenvalue weighted by Gasteiger charge is 2.13. The van der Waals surface area contributed by atoms with Crippen molar-refractivity contribution in [3.63, 3.8) is 0 Å². The molecule has 6 aromatic heterocycles. The highest BCUT2D eigenvalue weighted by atomic mass is 15.3. The van der Waals surface area contributed by atoms with E-state index in [1.807, 2.05) is 54.9 Å². The van der Waals surface area contributed by atoms with Gasteiger partial charge in [0, 0.05) is 34.9 Å². The van der Waals surface area contributed by atoms with E-state index >= 15 is 0 Å². The third-order valence-corrected chi connectivity index (χ3v) is 5.45. The van der Waals surface area contributed by atoms with Crippen molar-refractivity contribution in [1.82, 2.24) is 44.5 Å².